The summed E-state index contributed by atoms with van der Waals surface area (Å²) in [6, 6.07) is 4.68. The van der Waals surface area contributed by atoms with Crippen LogP contribution in [0.15, 0.2) is 18.2 Å². The van der Waals surface area contributed by atoms with Crippen LogP contribution in [0.2, 0.25) is 0 Å². The Morgan fingerprint density at radius 2 is 2.00 bits per heavy atom. The lowest BCUT2D eigenvalue weighted by atomic mass is 10.1. The van der Waals surface area contributed by atoms with Crippen molar-refractivity contribution in [3.8, 4) is 0 Å². The van der Waals surface area contributed by atoms with Crippen molar-refractivity contribution in [3.63, 3.8) is 0 Å². The summed E-state index contributed by atoms with van der Waals surface area (Å²) in [6.45, 7) is 4.54. The first-order valence-corrected chi connectivity index (χ1v) is 6.13. The highest BCUT2D eigenvalue weighted by molar-refractivity contribution is 5.36. The first-order valence-electron chi connectivity index (χ1n) is 6.13. The number of halogens is 1. The summed E-state index contributed by atoms with van der Waals surface area (Å²) in [5.74, 6) is -0.722. The summed E-state index contributed by atoms with van der Waals surface area (Å²) in [5, 5.41) is 10.7. The van der Waals surface area contributed by atoms with Crippen LogP contribution < -0.4 is 0 Å². The number of hydrogen-bond acceptors (Lipinski definition) is 3. The van der Waals surface area contributed by atoms with E-state index in [-0.39, 0.29) is 0 Å². The highest BCUT2D eigenvalue weighted by atomic mass is 19.1. The SMILES string of the molecule is CCC(CC)N(C)Cc1cccc([N+](=O)[O-])c1F. The Morgan fingerprint density at radius 3 is 2.50 bits per heavy atom. The zero-order valence-corrected chi connectivity index (χ0v) is 11.0. The van der Waals surface area contributed by atoms with E-state index in [0.717, 1.165) is 12.8 Å². The molecule has 0 aliphatic carbocycles. The van der Waals surface area contributed by atoms with Gasteiger partial charge < -0.3 is 0 Å². The molecule has 0 aliphatic rings. The molecule has 0 N–H and O–H groups in total. The Labute approximate surface area is 107 Å². The minimum atomic E-state index is -0.722. The third kappa shape index (κ3) is 3.26. The molecule has 0 spiro atoms. The van der Waals surface area contributed by atoms with Crippen molar-refractivity contribution >= 4 is 5.69 Å². The van der Waals surface area contributed by atoms with Gasteiger partial charge in [0.1, 0.15) is 0 Å². The smallest absolute Gasteiger partial charge is 0.299 e. The summed E-state index contributed by atoms with van der Waals surface area (Å²) in [7, 11) is 1.91. The average Bonchev–Trinajstić information content (AvgIpc) is 2.33. The number of benzene rings is 1. The highest BCUT2D eigenvalue weighted by Crippen LogP contribution is 2.22. The summed E-state index contributed by atoms with van der Waals surface area (Å²) >= 11 is 0. The molecule has 1 aromatic carbocycles. The van der Waals surface area contributed by atoms with Gasteiger partial charge in [-0.3, -0.25) is 15.0 Å². The van der Waals surface area contributed by atoms with Crippen molar-refractivity contribution in [2.24, 2.45) is 0 Å². The fraction of sp³-hybridized carbons (Fsp3) is 0.538. The molecule has 0 aromatic heterocycles. The summed E-state index contributed by atoms with van der Waals surface area (Å²) in [6.07, 6.45) is 1.95. The average molecular weight is 254 g/mol. The molecule has 0 atom stereocenters. The van der Waals surface area contributed by atoms with Crippen LogP contribution in [0.25, 0.3) is 0 Å². The fourth-order valence-electron chi connectivity index (χ4n) is 2.14. The van der Waals surface area contributed by atoms with Gasteiger partial charge in [0.15, 0.2) is 0 Å². The van der Waals surface area contributed by atoms with E-state index < -0.39 is 16.4 Å². The third-order valence-electron chi connectivity index (χ3n) is 3.24. The van der Waals surface area contributed by atoms with Gasteiger partial charge in [-0.25, -0.2) is 0 Å². The molecule has 0 saturated carbocycles. The second kappa shape index (κ2) is 6.44. The molecule has 18 heavy (non-hydrogen) atoms. The Bertz CT molecular complexity index is 419. The van der Waals surface area contributed by atoms with Crippen molar-refractivity contribution in [3.05, 3.63) is 39.7 Å². The lowest BCUT2D eigenvalue weighted by Gasteiger charge is -2.26. The molecule has 0 saturated heterocycles. The molecule has 100 valence electrons. The predicted molar refractivity (Wildman–Crippen MR) is 68.9 cm³/mol. The van der Waals surface area contributed by atoms with Crippen molar-refractivity contribution in [1.82, 2.24) is 4.90 Å². The van der Waals surface area contributed by atoms with E-state index in [0.29, 0.717) is 18.2 Å². The number of nitro groups is 1. The van der Waals surface area contributed by atoms with Gasteiger partial charge >= 0.3 is 5.69 Å². The standard InChI is InChI=1S/C13H19FN2O2/c1-4-11(5-2)15(3)9-10-7-6-8-12(13(10)14)16(17)18/h6-8,11H,4-5,9H2,1-3H3. The van der Waals surface area contributed by atoms with Crippen LogP contribution in [0.5, 0.6) is 0 Å². The molecule has 1 rings (SSSR count). The molecule has 4 nitrogen and oxygen atoms in total. The van der Waals surface area contributed by atoms with E-state index in [1.54, 1.807) is 6.07 Å². The van der Waals surface area contributed by atoms with E-state index >= 15 is 0 Å². The maximum absolute atomic E-state index is 13.9. The first kappa shape index (κ1) is 14.6. The second-order valence-electron chi connectivity index (χ2n) is 4.39. The topological polar surface area (TPSA) is 46.4 Å². The molecule has 0 fully saturated rings. The lowest BCUT2D eigenvalue weighted by molar-refractivity contribution is -0.387. The van der Waals surface area contributed by atoms with E-state index in [4.69, 9.17) is 0 Å². The fourth-order valence-corrected chi connectivity index (χ4v) is 2.14. The van der Waals surface area contributed by atoms with E-state index in [1.165, 1.54) is 12.1 Å². The van der Waals surface area contributed by atoms with Crippen molar-refractivity contribution in [2.75, 3.05) is 7.05 Å². The quantitative estimate of drug-likeness (QED) is 0.577. The van der Waals surface area contributed by atoms with Crippen molar-refractivity contribution < 1.29 is 9.31 Å². The predicted octanol–water partition coefficient (Wildman–Crippen LogP) is 3.35. The maximum Gasteiger partial charge on any atom is 0.305 e. The Hall–Kier alpha value is -1.49. The molecule has 0 bridgehead atoms. The molecule has 1 aromatic rings. The number of nitrogens with zero attached hydrogens (tertiary/aromatic N) is 2. The minimum absolute atomic E-state index is 0.365. The molecule has 0 heterocycles. The normalized spacial score (nSPS) is 11.2. The highest BCUT2D eigenvalue weighted by Gasteiger charge is 2.19. The molecular weight excluding hydrogens is 235 g/mol. The molecule has 5 heteroatoms. The maximum atomic E-state index is 13.9. The van der Waals surface area contributed by atoms with Gasteiger partial charge in [0, 0.05) is 24.2 Å². The molecule has 0 radical (unpaired) electrons. The van der Waals surface area contributed by atoms with Gasteiger partial charge in [-0.1, -0.05) is 26.0 Å². The Balaban J connectivity index is 2.91. The van der Waals surface area contributed by atoms with Crippen LogP contribution in [-0.4, -0.2) is 22.9 Å². The molecule has 0 unspecified atom stereocenters. The van der Waals surface area contributed by atoms with Gasteiger partial charge in [-0.2, -0.15) is 4.39 Å². The third-order valence-corrected chi connectivity index (χ3v) is 3.24. The Kier molecular flexibility index (Phi) is 5.22. The number of hydrogen-bond donors (Lipinski definition) is 0. The van der Waals surface area contributed by atoms with Gasteiger partial charge in [0.05, 0.1) is 4.92 Å². The molecular formula is C13H19FN2O2. The van der Waals surface area contributed by atoms with Gasteiger partial charge in [-0.15, -0.1) is 0 Å². The van der Waals surface area contributed by atoms with Crippen LogP contribution in [0.1, 0.15) is 32.3 Å². The van der Waals surface area contributed by atoms with Gasteiger partial charge in [0.2, 0.25) is 5.82 Å². The summed E-state index contributed by atoms with van der Waals surface area (Å²) in [5.41, 5.74) is -0.0796. The Morgan fingerprint density at radius 1 is 1.39 bits per heavy atom. The second-order valence-corrected chi connectivity index (χ2v) is 4.39. The van der Waals surface area contributed by atoms with Crippen LogP contribution in [0, 0.1) is 15.9 Å². The molecule has 0 aliphatic heterocycles. The van der Waals surface area contributed by atoms with Gasteiger partial charge in [-0.05, 0) is 19.9 Å². The number of nitro benzene ring substituents is 1. The van der Waals surface area contributed by atoms with Crippen molar-refractivity contribution in [2.45, 2.75) is 39.3 Å². The van der Waals surface area contributed by atoms with Crippen LogP contribution in [0.4, 0.5) is 10.1 Å². The lowest BCUT2D eigenvalue weighted by Crippen LogP contribution is -2.30. The summed E-state index contributed by atoms with van der Waals surface area (Å²) < 4.78 is 13.9. The zero-order valence-electron chi connectivity index (χ0n) is 11.0. The van der Waals surface area contributed by atoms with Crippen molar-refractivity contribution in [1.29, 1.82) is 0 Å². The van der Waals surface area contributed by atoms with E-state index in [2.05, 4.69) is 13.8 Å². The summed E-state index contributed by atoms with van der Waals surface area (Å²) in [4.78, 5) is 12.0. The van der Waals surface area contributed by atoms with Crippen LogP contribution in [-0.2, 0) is 6.54 Å². The zero-order chi connectivity index (χ0) is 13.7. The largest absolute Gasteiger partial charge is 0.305 e. The minimum Gasteiger partial charge on any atom is -0.299 e. The van der Waals surface area contributed by atoms with Crippen LogP contribution >= 0.6 is 0 Å². The van der Waals surface area contributed by atoms with Gasteiger partial charge in [0.25, 0.3) is 0 Å². The monoisotopic (exact) mass is 254 g/mol. The van der Waals surface area contributed by atoms with E-state index in [1.807, 2.05) is 11.9 Å². The number of rotatable bonds is 6. The van der Waals surface area contributed by atoms with E-state index in [9.17, 15) is 14.5 Å². The molecule has 0 amide bonds. The first-order chi connectivity index (χ1) is 8.51. The van der Waals surface area contributed by atoms with Crippen LogP contribution in [0.3, 0.4) is 0 Å².